The second kappa shape index (κ2) is 4.16. The van der Waals surface area contributed by atoms with Crippen LogP contribution in [0.15, 0.2) is 22.7 Å². The fraction of sp³-hybridized carbons (Fsp3) is 0.467. The molecule has 1 aliphatic rings. The van der Waals surface area contributed by atoms with E-state index in [1.54, 1.807) is 0 Å². The summed E-state index contributed by atoms with van der Waals surface area (Å²) in [6.45, 7) is 4.54. The zero-order valence-corrected chi connectivity index (χ0v) is 12.0. The number of hydrogen-bond donors (Lipinski definition) is 0. The standard InChI is InChI=1S/C15H18BrN/c1-3-14-12-8-5-10(16)9-13(12)15(4-2)17(14)11-6-7-11/h5,8-9,11H,3-4,6-7H2,1-2H3. The minimum atomic E-state index is 0.783. The van der Waals surface area contributed by atoms with Gasteiger partial charge in [0.1, 0.15) is 0 Å². The molecule has 17 heavy (non-hydrogen) atoms. The van der Waals surface area contributed by atoms with Gasteiger partial charge in [-0.25, -0.2) is 0 Å². The zero-order valence-electron chi connectivity index (χ0n) is 10.5. The Morgan fingerprint density at radius 1 is 1.12 bits per heavy atom. The average molecular weight is 292 g/mol. The van der Waals surface area contributed by atoms with Crippen molar-refractivity contribution in [3.05, 3.63) is 34.1 Å². The van der Waals surface area contributed by atoms with Gasteiger partial charge in [0.25, 0.3) is 0 Å². The molecule has 0 bridgehead atoms. The van der Waals surface area contributed by atoms with Crippen molar-refractivity contribution < 1.29 is 0 Å². The molecule has 0 aliphatic heterocycles. The van der Waals surface area contributed by atoms with Gasteiger partial charge in [0.05, 0.1) is 0 Å². The zero-order chi connectivity index (χ0) is 12.0. The average Bonchev–Trinajstić information content (AvgIpc) is 3.11. The van der Waals surface area contributed by atoms with E-state index in [1.807, 2.05) is 0 Å². The van der Waals surface area contributed by atoms with E-state index in [0.717, 1.165) is 18.9 Å². The number of nitrogens with zero attached hydrogens (tertiary/aromatic N) is 1. The molecule has 2 heteroatoms. The van der Waals surface area contributed by atoms with Crippen molar-refractivity contribution in [1.29, 1.82) is 0 Å². The van der Waals surface area contributed by atoms with Gasteiger partial charge < -0.3 is 4.57 Å². The lowest BCUT2D eigenvalue weighted by Crippen LogP contribution is -2.03. The van der Waals surface area contributed by atoms with Crippen molar-refractivity contribution in [1.82, 2.24) is 4.57 Å². The molecule has 0 amide bonds. The summed E-state index contributed by atoms with van der Waals surface area (Å²) in [5.74, 6) is 0. The number of halogens is 1. The molecule has 2 aromatic rings. The lowest BCUT2D eigenvalue weighted by Gasteiger charge is -2.10. The predicted octanol–water partition coefficient (Wildman–Crippen LogP) is 4.86. The lowest BCUT2D eigenvalue weighted by atomic mass is 10.1. The van der Waals surface area contributed by atoms with Crippen LogP contribution < -0.4 is 0 Å². The highest BCUT2D eigenvalue weighted by molar-refractivity contribution is 9.10. The molecule has 1 nitrogen and oxygen atoms in total. The number of rotatable bonds is 3. The lowest BCUT2D eigenvalue weighted by molar-refractivity contribution is 0.671. The summed E-state index contributed by atoms with van der Waals surface area (Å²) >= 11 is 3.59. The van der Waals surface area contributed by atoms with Crippen LogP contribution in [0.5, 0.6) is 0 Å². The van der Waals surface area contributed by atoms with Crippen LogP contribution in [0.3, 0.4) is 0 Å². The van der Waals surface area contributed by atoms with Crippen LogP contribution in [-0.2, 0) is 12.8 Å². The maximum Gasteiger partial charge on any atom is 0.0338 e. The van der Waals surface area contributed by atoms with Crippen molar-refractivity contribution in [3.8, 4) is 0 Å². The fourth-order valence-corrected chi connectivity index (χ4v) is 3.29. The van der Waals surface area contributed by atoms with Gasteiger partial charge in [-0.1, -0.05) is 35.8 Å². The molecule has 0 radical (unpaired) electrons. The third kappa shape index (κ3) is 1.74. The first-order chi connectivity index (χ1) is 8.26. The Morgan fingerprint density at radius 2 is 1.76 bits per heavy atom. The van der Waals surface area contributed by atoms with Crippen LogP contribution in [-0.4, -0.2) is 4.57 Å². The molecule has 1 aromatic carbocycles. The van der Waals surface area contributed by atoms with Crippen LogP contribution in [0.1, 0.15) is 44.1 Å². The van der Waals surface area contributed by atoms with E-state index in [1.165, 1.54) is 39.5 Å². The van der Waals surface area contributed by atoms with E-state index in [-0.39, 0.29) is 0 Å². The molecular weight excluding hydrogens is 274 g/mol. The molecule has 1 fully saturated rings. The topological polar surface area (TPSA) is 4.93 Å². The second-order valence-electron chi connectivity index (χ2n) is 4.89. The number of fused-ring (bicyclic) bond motifs is 1. The number of aromatic nitrogens is 1. The van der Waals surface area contributed by atoms with Crippen LogP contribution in [0.25, 0.3) is 10.8 Å². The summed E-state index contributed by atoms with van der Waals surface area (Å²) < 4.78 is 3.81. The van der Waals surface area contributed by atoms with E-state index in [9.17, 15) is 0 Å². The van der Waals surface area contributed by atoms with Crippen LogP contribution >= 0.6 is 15.9 Å². The molecule has 3 rings (SSSR count). The quantitative estimate of drug-likeness (QED) is 0.761. The summed E-state index contributed by atoms with van der Waals surface area (Å²) in [7, 11) is 0. The summed E-state index contributed by atoms with van der Waals surface area (Å²) in [5, 5.41) is 2.91. The highest BCUT2D eigenvalue weighted by Gasteiger charge is 2.28. The second-order valence-corrected chi connectivity index (χ2v) is 5.81. The van der Waals surface area contributed by atoms with Crippen LogP contribution in [0.4, 0.5) is 0 Å². The largest absolute Gasteiger partial charge is 0.344 e. The van der Waals surface area contributed by atoms with Gasteiger partial charge in [0, 0.05) is 32.7 Å². The molecule has 1 heterocycles. The van der Waals surface area contributed by atoms with E-state index < -0.39 is 0 Å². The summed E-state index contributed by atoms with van der Waals surface area (Å²) in [6.07, 6.45) is 4.99. The maximum absolute atomic E-state index is 3.59. The normalized spacial score (nSPS) is 15.7. The van der Waals surface area contributed by atoms with Crippen molar-refractivity contribution in [2.45, 2.75) is 45.6 Å². The van der Waals surface area contributed by atoms with Gasteiger partial charge in [-0.05, 0) is 37.8 Å². The molecule has 0 saturated heterocycles. The van der Waals surface area contributed by atoms with E-state index in [0.29, 0.717) is 0 Å². The smallest absolute Gasteiger partial charge is 0.0338 e. The van der Waals surface area contributed by atoms with Crippen molar-refractivity contribution >= 4 is 26.7 Å². The van der Waals surface area contributed by atoms with Gasteiger partial charge in [-0.15, -0.1) is 0 Å². The maximum atomic E-state index is 3.59. The molecule has 1 aromatic heterocycles. The molecule has 0 N–H and O–H groups in total. The molecule has 1 saturated carbocycles. The Morgan fingerprint density at radius 3 is 2.35 bits per heavy atom. The Labute approximate surface area is 111 Å². The first-order valence-corrected chi connectivity index (χ1v) is 7.36. The number of hydrogen-bond acceptors (Lipinski definition) is 0. The molecule has 1 aliphatic carbocycles. The van der Waals surface area contributed by atoms with Crippen molar-refractivity contribution in [3.63, 3.8) is 0 Å². The first kappa shape index (κ1) is 11.3. The van der Waals surface area contributed by atoms with E-state index in [2.05, 4.69) is 52.5 Å². The number of benzene rings is 1. The number of aryl methyl sites for hydroxylation is 2. The third-order valence-corrected chi connectivity index (χ3v) is 4.26. The summed E-state index contributed by atoms with van der Waals surface area (Å²) in [4.78, 5) is 0. The van der Waals surface area contributed by atoms with Gasteiger partial charge >= 0.3 is 0 Å². The van der Waals surface area contributed by atoms with E-state index in [4.69, 9.17) is 0 Å². The van der Waals surface area contributed by atoms with Gasteiger partial charge in [-0.2, -0.15) is 0 Å². The predicted molar refractivity (Wildman–Crippen MR) is 76.7 cm³/mol. The van der Waals surface area contributed by atoms with Crippen LogP contribution in [0, 0.1) is 0 Å². The van der Waals surface area contributed by atoms with Gasteiger partial charge in [0.2, 0.25) is 0 Å². The first-order valence-electron chi connectivity index (χ1n) is 6.57. The highest BCUT2D eigenvalue weighted by atomic mass is 79.9. The highest BCUT2D eigenvalue weighted by Crippen LogP contribution is 2.42. The minimum absolute atomic E-state index is 0.783. The molecule has 90 valence electrons. The molecule has 0 unspecified atom stereocenters. The molecule has 0 spiro atoms. The van der Waals surface area contributed by atoms with Crippen molar-refractivity contribution in [2.75, 3.05) is 0 Å². The Balaban J connectivity index is 2.35. The van der Waals surface area contributed by atoms with E-state index >= 15 is 0 Å². The Bertz CT molecular complexity index is 564. The van der Waals surface area contributed by atoms with Gasteiger partial charge in [-0.3, -0.25) is 0 Å². The van der Waals surface area contributed by atoms with Crippen molar-refractivity contribution in [2.24, 2.45) is 0 Å². The molecule has 0 atom stereocenters. The van der Waals surface area contributed by atoms with Gasteiger partial charge in [0.15, 0.2) is 0 Å². The Hall–Kier alpha value is -0.760. The van der Waals surface area contributed by atoms with Crippen LogP contribution in [0.2, 0.25) is 0 Å². The summed E-state index contributed by atoms with van der Waals surface area (Å²) in [6, 6.07) is 7.51. The summed E-state index contributed by atoms with van der Waals surface area (Å²) in [5.41, 5.74) is 3.06. The molecular formula is C15H18BrN. The monoisotopic (exact) mass is 291 g/mol. The SMILES string of the molecule is CCc1c2ccc(Br)cc2c(CC)n1C1CC1. The third-order valence-electron chi connectivity index (χ3n) is 3.77. The Kier molecular flexibility index (Phi) is 2.78. The minimum Gasteiger partial charge on any atom is -0.344 e. The fourth-order valence-electron chi connectivity index (χ4n) is 2.92.